The Morgan fingerprint density at radius 1 is 1.25 bits per heavy atom. The molecular formula is C13H20N2O. The van der Waals surface area contributed by atoms with Crippen molar-refractivity contribution in [2.24, 2.45) is 5.73 Å². The molecule has 0 heterocycles. The molecule has 3 N–H and O–H groups in total. The molecule has 0 atom stereocenters. The molecule has 3 nitrogen and oxygen atoms in total. The van der Waals surface area contributed by atoms with Crippen LogP contribution in [0.4, 0.5) is 0 Å². The topological polar surface area (TPSA) is 55.1 Å². The molecular weight excluding hydrogens is 200 g/mol. The summed E-state index contributed by atoms with van der Waals surface area (Å²) in [7, 11) is 0. The number of carbonyl (C=O) groups excluding carboxylic acids is 1. The fourth-order valence-corrected chi connectivity index (χ4v) is 1.53. The number of hydrogen-bond donors (Lipinski definition) is 2. The molecule has 0 spiro atoms. The van der Waals surface area contributed by atoms with Gasteiger partial charge in [0, 0.05) is 19.5 Å². The fraction of sp³-hybridized carbons (Fsp3) is 0.462. The zero-order valence-electron chi connectivity index (χ0n) is 9.83. The zero-order valence-corrected chi connectivity index (χ0v) is 9.83. The van der Waals surface area contributed by atoms with E-state index in [1.54, 1.807) is 0 Å². The lowest BCUT2D eigenvalue weighted by Gasteiger charge is -2.05. The number of rotatable bonds is 6. The molecule has 0 aliphatic rings. The number of carbonyl (C=O) groups is 1. The Hall–Kier alpha value is -1.35. The van der Waals surface area contributed by atoms with E-state index in [9.17, 15) is 4.79 Å². The summed E-state index contributed by atoms with van der Waals surface area (Å²) in [6.45, 7) is 3.16. The van der Waals surface area contributed by atoms with Gasteiger partial charge in [-0.15, -0.1) is 0 Å². The Morgan fingerprint density at radius 3 is 2.44 bits per heavy atom. The standard InChI is InChI=1S/C13H20N2O/c1-2-3-11-4-6-12(7-5-11)10-15-13(16)8-9-14/h4-7H,2-3,8-10,14H2,1H3,(H,15,16). The van der Waals surface area contributed by atoms with E-state index < -0.39 is 0 Å². The smallest absolute Gasteiger partial charge is 0.221 e. The van der Waals surface area contributed by atoms with Crippen molar-refractivity contribution in [2.45, 2.75) is 32.7 Å². The van der Waals surface area contributed by atoms with E-state index in [1.807, 2.05) is 0 Å². The van der Waals surface area contributed by atoms with Gasteiger partial charge in [-0.25, -0.2) is 0 Å². The predicted octanol–water partition coefficient (Wildman–Crippen LogP) is 1.60. The minimum atomic E-state index is 0.0140. The van der Waals surface area contributed by atoms with Crippen molar-refractivity contribution in [1.82, 2.24) is 5.32 Å². The molecule has 88 valence electrons. The first kappa shape index (κ1) is 12.7. The maximum Gasteiger partial charge on any atom is 0.221 e. The Labute approximate surface area is 97.0 Å². The maximum atomic E-state index is 11.2. The van der Waals surface area contributed by atoms with Crippen LogP contribution in [0.1, 0.15) is 30.9 Å². The molecule has 0 radical (unpaired) electrons. The molecule has 1 aromatic rings. The number of benzene rings is 1. The quantitative estimate of drug-likeness (QED) is 0.765. The van der Waals surface area contributed by atoms with Crippen molar-refractivity contribution in [2.75, 3.05) is 6.54 Å². The second-order valence-electron chi connectivity index (χ2n) is 3.88. The van der Waals surface area contributed by atoms with Gasteiger partial charge in [0.25, 0.3) is 0 Å². The van der Waals surface area contributed by atoms with E-state index in [0.717, 1.165) is 18.4 Å². The van der Waals surface area contributed by atoms with E-state index in [-0.39, 0.29) is 5.91 Å². The Balaban J connectivity index is 2.40. The highest BCUT2D eigenvalue weighted by Crippen LogP contribution is 2.06. The van der Waals surface area contributed by atoms with Crippen molar-refractivity contribution in [3.05, 3.63) is 35.4 Å². The molecule has 0 aliphatic heterocycles. The molecule has 3 heteroatoms. The molecule has 0 aliphatic carbocycles. The Morgan fingerprint density at radius 2 is 1.88 bits per heavy atom. The first-order valence-corrected chi connectivity index (χ1v) is 5.81. The molecule has 16 heavy (non-hydrogen) atoms. The third-order valence-corrected chi connectivity index (χ3v) is 2.42. The largest absolute Gasteiger partial charge is 0.352 e. The minimum Gasteiger partial charge on any atom is -0.352 e. The highest BCUT2D eigenvalue weighted by Gasteiger charge is 1.99. The molecule has 0 saturated heterocycles. The fourth-order valence-electron chi connectivity index (χ4n) is 1.53. The van der Waals surface area contributed by atoms with Gasteiger partial charge >= 0.3 is 0 Å². The zero-order chi connectivity index (χ0) is 11.8. The van der Waals surface area contributed by atoms with Crippen LogP contribution in [-0.4, -0.2) is 12.5 Å². The minimum absolute atomic E-state index is 0.0140. The third-order valence-electron chi connectivity index (χ3n) is 2.42. The van der Waals surface area contributed by atoms with Gasteiger partial charge in [0.2, 0.25) is 5.91 Å². The lowest BCUT2D eigenvalue weighted by atomic mass is 10.1. The van der Waals surface area contributed by atoms with Gasteiger partial charge in [-0.1, -0.05) is 37.6 Å². The van der Waals surface area contributed by atoms with Gasteiger partial charge in [-0.2, -0.15) is 0 Å². The van der Waals surface area contributed by atoms with Gasteiger partial charge in [0.05, 0.1) is 0 Å². The summed E-state index contributed by atoms with van der Waals surface area (Å²) in [5.41, 5.74) is 7.77. The summed E-state index contributed by atoms with van der Waals surface area (Å²) in [6.07, 6.45) is 2.67. The summed E-state index contributed by atoms with van der Waals surface area (Å²) < 4.78 is 0. The van der Waals surface area contributed by atoms with E-state index >= 15 is 0 Å². The van der Waals surface area contributed by atoms with E-state index in [0.29, 0.717) is 19.5 Å². The third kappa shape index (κ3) is 4.45. The summed E-state index contributed by atoms with van der Waals surface area (Å²) in [5, 5.41) is 2.83. The molecule has 1 amide bonds. The van der Waals surface area contributed by atoms with Crippen LogP contribution in [0.25, 0.3) is 0 Å². The van der Waals surface area contributed by atoms with Crippen LogP contribution >= 0.6 is 0 Å². The van der Waals surface area contributed by atoms with Crippen LogP contribution in [0.2, 0.25) is 0 Å². The predicted molar refractivity (Wildman–Crippen MR) is 66.0 cm³/mol. The van der Waals surface area contributed by atoms with Gasteiger partial charge < -0.3 is 11.1 Å². The second-order valence-corrected chi connectivity index (χ2v) is 3.88. The molecule has 0 bridgehead atoms. The first-order chi connectivity index (χ1) is 7.76. The van der Waals surface area contributed by atoms with E-state index in [4.69, 9.17) is 5.73 Å². The molecule has 0 unspecified atom stereocenters. The summed E-state index contributed by atoms with van der Waals surface area (Å²) in [6, 6.07) is 8.36. The number of aryl methyl sites for hydroxylation is 1. The number of nitrogens with one attached hydrogen (secondary N) is 1. The van der Waals surface area contributed by atoms with Crippen LogP contribution in [0, 0.1) is 0 Å². The van der Waals surface area contributed by atoms with Gasteiger partial charge in [-0.3, -0.25) is 4.79 Å². The van der Waals surface area contributed by atoms with Gasteiger partial charge in [0.1, 0.15) is 0 Å². The lowest BCUT2D eigenvalue weighted by Crippen LogP contribution is -2.24. The molecule has 1 aromatic carbocycles. The van der Waals surface area contributed by atoms with Crippen LogP contribution in [-0.2, 0) is 17.8 Å². The van der Waals surface area contributed by atoms with Crippen molar-refractivity contribution in [3.8, 4) is 0 Å². The summed E-state index contributed by atoms with van der Waals surface area (Å²) >= 11 is 0. The van der Waals surface area contributed by atoms with Crippen molar-refractivity contribution in [1.29, 1.82) is 0 Å². The SMILES string of the molecule is CCCc1ccc(CNC(=O)CCN)cc1. The van der Waals surface area contributed by atoms with Crippen LogP contribution < -0.4 is 11.1 Å². The Bertz CT molecular complexity index is 319. The van der Waals surface area contributed by atoms with Gasteiger partial charge in [0.15, 0.2) is 0 Å². The molecule has 1 rings (SSSR count). The highest BCUT2D eigenvalue weighted by molar-refractivity contribution is 5.75. The average Bonchev–Trinajstić information content (AvgIpc) is 2.29. The maximum absolute atomic E-state index is 11.2. The first-order valence-electron chi connectivity index (χ1n) is 5.81. The number of hydrogen-bond acceptors (Lipinski definition) is 2. The molecule has 0 fully saturated rings. The van der Waals surface area contributed by atoms with E-state index in [1.165, 1.54) is 5.56 Å². The monoisotopic (exact) mass is 220 g/mol. The molecule has 0 aromatic heterocycles. The van der Waals surface area contributed by atoms with Crippen molar-refractivity contribution in [3.63, 3.8) is 0 Å². The van der Waals surface area contributed by atoms with E-state index in [2.05, 4.69) is 36.5 Å². The second kappa shape index (κ2) is 7.01. The van der Waals surface area contributed by atoms with Crippen LogP contribution in [0.3, 0.4) is 0 Å². The van der Waals surface area contributed by atoms with Crippen molar-refractivity contribution < 1.29 is 4.79 Å². The van der Waals surface area contributed by atoms with Crippen LogP contribution in [0.5, 0.6) is 0 Å². The van der Waals surface area contributed by atoms with Gasteiger partial charge in [-0.05, 0) is 17.5 Å². The number of amides is 1. The highest BCUT2D eigenvalue weighted by atomic mass is 16.1. The van der Waals surface area contributed by atoms with Crippen molar-refractivity contribution >= 4 is 5.91 Å². The van der Waals surface area contributed by atoms with Crippen LogP contribution in [0.15, 0.2) is 24.3 Å². The normalized spacial score (nSPS) is 10.1. The summed E-state index contributed by atoms with van der Waals surface area (Å²) in [4.78, 5) is 11.2. The number of nitrogens with two attached hydrogens (primary N) is 1. The lowest BCUT2D eigenvalue weighted by molar-refractivity contribution is -0.121. The Kier molecular flexibility index (Phi) is 5.57. The average molecular weight is 220 g/mol. The molecule has 0 saturated carbocycles. The summed E-state index contributed by atoms with van der Waals surface area (Å²) in [5.74, 6) is 0.0140.